The van der Waals surface area contributed by atoms with Crippen molar-refractivity contribution in [2.75, 3.05) is 13.7 Å². The van der Waals surface area contributed by atoms with Gasteiger partial charge in [0.25, 0.3) is 0 Å². The lowest BCUT2D eigenvalue weighted by Gasteiger charge is -2.37. The molecule has 1 aliphatic heterocycles. The molecule has 0 radical (unpaired) electrons. The summed E-state index contributed by atoms with van der Waals surface area (Å²) in [5.74, 6) is -0.956. The normalized spacial score (nSPS) is 23.1. The molecule has 0 spiro atoms. The van der Waals surface area contributed by atoms with Gasteiger partial charge < -0.3 is 4.74 Å². The Hall–Kier alpha value is -1.43. The Bertz CT molecular complexity index is 329. The minimum Gasteiger partial charge on any atom is -0.469 e. The summed E-state index contributed by atoms with van der Waals surface area (Å²) in [7, 11) is 1.32. The van der Waals surface area contributed by atoms with Crippen molar-refractivity contribution >= 4 is 17.8 Å². The molecule has 0 bridgehead atoms. The molecule has 2 unspecified atom stereocenters. The Morgan fingerprint density at radius 1 is 1.59 bits per heavy atom. The van der Waals surface area contributed by atoms with Crippen LogP contribution < -0.4 is 5.32 Å². The highest BCUT2D eigenvalue weighted by atomic mass is 16.5. The maximum Gasteiger partial charge on any atom is 0.307 e. The second-order valence-electron chi connectivity index (χ2n) is 4.14. The summed E-state index contributed by atoms with van der Waals surface area (Å²) < 4.78 is 4.58. The van der Waals surface area contributed by atoms with Gasteiger partial charge in [-0.25, -0.2) is 0 Å². The zero-order valence-electron chi connectivity index (χ0n) is 10.4. The second-order valence-corrected chi connectivity index (χ2v) is 4.14. The molecule has 1 aliphatic rings. The van der Waals surface area contributed by atoms with E-state index in [1.807, 2.05) is 13.8 Å². The van der Waals surface area contributed by atoms with Gasteiger partial charge >= 0.3 is 5.97 Å². The van der Waals surface area contributed by atoms with Crippen LogP contribution in [-0.2, 0) is 19.1 Å². The SMILES string of the molecule is CCC1C(=O)NC(=O)CN1C(C)CC(=O)OC. The van der Waals surface area contributed by atoms with Crippen molar-refractivity contribution in [1.29, 1.82) is 0 Å². The molecular weight excluding hydrogens is 224 g/mol. The standard InChI is InChI=1S/C11H18N2O4/c1-4-8-11(16)12-9(14)6-13(8)7(2)5-10(15)17-3/h7-8H,4-6H2,1-3H3,(H,12,14,16). The van der Waals surface area contributed by atoms with Gasteiger partial charge in [-0.05, 0) is 13.3 Å². The Morgan fingerprint density at radius 3 is 2.76 bits per heavy atom. The van der Waals surface area contributed by atoms with Crippen molar-refractivity contribution in [3.05, 3.63) is 0 Å². The molecule has 1 saturated heterocycles. The first kappa shape index (κ1) is 13.6. The van der Waals surface area contributed by atoms with Crippen molar-refractivity contribution in [2.45, 2.75) is 38.8 Å². The number of hydrogen-bond donors (Lipinski definition) is 1. The summed E-state index contributed by atoms with van der Waals surface area (Å²) in [6.45, 7) is 3.83. The van der Waals surface area contributed by atoms with Crippen molar-refractivity contribution in [2.24, 2.45) is 0 Å². The molecule has 2 amide bonds. The van der Waals surface area contributed by atoms with Gasteiger partial charge in [0.15, 0.2) is 0 Å². The van der Waals surface area contributed by atoms with Gasteiger partial charge in [0.1, 0.15) is 0 Å². The summed E-state index contributed by atoms with van der Waals surface area (Å²) in [6.07, 6.45) is 0.776. The molecular formula is C11H18N2O4. The zero-order valence-corrected chi connectivity index (χ0v) is 10.4. The molecule has 1 N–H and O–H groups in total. The number of methoxy groups -OCH3 is 1. The molecule has 1 fully saturated rings. The third kappa shape index (κ3) is 3.26. The molecule has 6 nitrogen and oxygen atoms in total. The maximum atomic E-state index is 11.6. The van der Waals surface area contributed by atoms with Crippen LogP contribution in [0.2, 0.25) is 0 Å². The average Bonchev–Trinajstić information content (AvgIpc) is 2.27. The van der Waals surface area contributed by atoms with Crippen molar-refractivity contribution in [3.63, 3.8) is 0 Å². The summed E-state index contributed by atoms with van der Waals surface area (Å²) in [5, 5.41) is 2.30. The van der Waals surface area contributed by atoms with Gasteiger partial charge in [-0.3, -0.25) is 24.6 Å². The van der Waals surface area contributed by atoms with E-state index in [4.69, 9.17) is 0 Å². The van der Waals surface area contributed by atoms with E-state index in [9.17, 15) is 14.4 Å². The molecule has 6 heteroatoms. The molecule has 0 aromatic heterocycles. The lowest BCUT2D eigenvalue weighted by atomic mass is 10.1. The number of carbonyl (C=O) groups excluding carboxylic acids is 3. The van der Waals surface area contributed by atoms with E-state index in [1.165, 1.54) is 7.11 Å². The molecule has 1 rings (SSSR count). The Balaban J connectivity index is 2.73. The smallest absolute Gasteiger partial charge is 0.307 e. The number of rotatable bonds is 4. The van der Waals surface area contributed by atoms with Gasteiger partial charge in [-0.2, -0.15) is 0 Å². The quantitative estimate of drug-likeness (QED) is 0.540. The second kappa shape index (κ2) is 5.77. The third-order valence-electron chi connectivity index (χ3n) is 2.93. The fourth-order valence-corrected chi connectivity index (χ4v) is 2.01. The Labute approximate surface area is 100 Å². The molecule has 17 heavy (non-hydrogen) atoms. The molecule has 0 aliphatic carbocycles. The number of piperazine rings is 1. The van der Waals surface area contributed by atoms with E-state index in [0.29, 0.717) is 6.42 Å². The highest BCUT2D eigenvalue weighted by molar-refractivity contribution is 6.01. The molecule has 96 valence electrons. The van der Waals surface area contributed by atoms with Gasteiger partial charge in [0.05, 0.1) is 26.1 Å². The number of carbonyl (C=O) groups is 3. The maximum absolute atomic E-state index is 11.6. The highest BCUT2D eigenvalue weighted by Crippen LogP contribution is 2.15. The van der Waals surface area contributed by atoms with Crippen LogP contribution in [0.15, 0.2) is 0 Å². The van der Waals surface area contributed by atoms with E-state index in [2.05, 4.69) is 10.1 Å². The Kier molecular flexibility index (Phi) is 4.62. The predicted molar refractivity (Wildman–Crippen MR) is 60.0 cm³/mol. The minimum absolute atomic E-state index is 0.141. The van der Waals surface area contributed by atoms with Gasteiger partial charge in [-0.15, -0.1) is 0 Å². The first-order chi connectivity index (χ1) is 7.99. The first-order valence-corrected chi connectivity index (χ1v) is 5.65. The summed E-state index contributed by atoms with van der Waals surface area (Å²) >= 11 is 0. The fraction of sp³-hybridized carbons (Fsp3) is 0.727. The summed E-state index contributed by atoms with van der Waals surface area (Å²) in [5.41, 5.74) is 0. The molecule has 0 aromatic rings. The Morgan fingerprint density at radius 2 is 2.24 bits per heavy atom. The van der Waals surface area contributed by atoms with Crippen LogP contribution in [0.4, 0.5) is 0 Å². The zero-order chi connectivity index (χ0) is 13.0. The fourth-order valence-electron chi connectivity index (χ4n) is 2.01. The molecule has 2 atom stereocenters. The number of ether oxygens (including phenoxy) is 1. The number of imide groups is 1. The first-order valence-electron chi connectivity index (χ1n) is 5.65. The van der Waals surface area contributed by atoms with E-state index in [-0.39, 0.29) is 42.8 Å². The molecule has 0 saturated carbocycles. The topological polar surface area (TPSA) is 75.7 Å². The van der Waals surface area contributed by atoms with E-state index < -0.39 is 0 Å². The monoisotopic (exact) mass is 242 g/mol. The van der Waals surface area contributed by atoms with Gasteiger partial charge in [-0.1, -0.05) is 6.92 Å². The van der Waals surface area contributed by atoms with E-state index in [1.54, 1.807) is 4.90 Å². The van der Waals surface area contributed by atoms with E-state index in [0.717, 1.165) is 0 Å². The summed E-state index contributed by atoms with van der Waals surface area (Å²) in [6, 6.07) is -0.547. The van der Waals surface area contributed by atoms with Crippen LogP contribution in [0.3, 0.4) is 0 Å². The van der Waals surface area contributed by atoms with Gasteiger partial charge in [0.2, 0.25) is 11.8 Å². The van der Waals surface area contributed by atoms with Crippen molar-refractivity contribution in [3.8, 4) is 0 Å². The number of amides is 2. The van der Waals surface area contributed by atoms with Crippen LogP contribution in [0.5, 0.6) is 0 Å². The van der Waals surface area contributed by atoms with Crippen LogP contribution in [0.25, 0.3) is 0 Å². The minimum atomic E-state index is -0.354. The third-order valence-corrected chi connectivity index (χ3v) is 2.93. The lowest BCUT2D eigenvalue weighted by molar-refractivity contribution is -0.147. The number of nitrogens with one attached hydrogen (secondary N) is 1. The lowest BCUT2D eigenvalue weighted by Crippen LogP contribution is -2.60. The summed E-state index contributed by atoms with van der Waals surface area (Å²) in [4.78, 5) is 35.9. The average molecular weight is 242 g/mol. The van der Waals surface area contributed by atoms with Crippen molar-refractivity contribution in [1.82, 2.24) is 10.2 Å². The van der Waals surface area contributed by atoms with E-state index >= 15 is 0 Å². The highest BCUT2D eigenvalue weighted by Gasteiger charge is 2.35. The largest absolute Gasteiger partial charge is 0.469 e. The van der Waals surface area contributed by atoms with Crippen molar-refractivity contribution < 1.29 is 19.1 Å². The molecule has 0 aromatic carbocycles. The van der Waals surface area contributed by atoms with Gasteiger partial charge in [0, 0.05) is 6.04 Å². The van der Waals surface area contributed by atoms with Crippen LogP contribution in [0, 0.1) is 0 Å². The van der Waals surface area contributed by atoms with Crippen LogP contribution >= 0.6 is 0 Å². The number of esters is 1. The molecule has 1 heterocycles. The van der Waals surface area contributed by atoms with Crippen LogP contribution in [-0.4, -0.2) is 48.4 Å². The number of hydrogen-bond acceptors (Lipinski definition) is 5. The van der Waals surface area contributed by atoms with Crippen LogP contribution in [0.1, 0.15) is 26.7 Å². The number of nitrogens with zero attached hydrogens (tertiary/aromatic N) is 1. The predicted octanol–water partition coefficient (Wildman–Crippen LogP) is -0.325.